The maximum atomic E-state index is 9.09. The molecule has 1 fully saturated rings. The fraction of sp³-hybridized carbons (Fsp3) is 1.00. The van der Waals surface area contributed by atoms with Gasteiger partial charge in [-0.05, 0) is 57.4 Å². The minimum absolute atomic E-state index is 0.303. The van der Waals surface area contributed by atoms with Crippen LogP contribution in [0.4, 0.5) is 0 Å². The van der Waals surface area contributed by atoms with Gasteiger partial charge in [-0.2, -0.15) is 0 Å². The monoisotopic (exact) mass is 284 g/mol. The van der Waals surface area contributed by atoms with Gasteiger partial charge in [0, 0.05) is 31.8 Å². The van der Waals surface area contributed by atoms with E-state index < -0.39 is 0 Å². The third-order valence-electron chi connectivity index (χ3n) is 4.92. The Bertz CT molecular complexity index is 257. The zero-order valence-corrected chi connectivity index (χ0v) is 14.2. The third-order valence-corrected chi connectivity index (χ3v) is 4.92. The van der Waals surface area contributed by atoms with Gasteiger partial charge < -0.3 is 15.3 Å². The van der Waals surface area contributed by atoms with Gasteiger partial charge in [0.2, 0.25) is 0 Å². The van der Waals surface area contributed by atoms with Gasteiger partial charge in [0.1, 0.15) is 0 Å². The van der Waals surface area contributed by atoms with Crippen molar-refractivity contribution in [1.29, 1.82) is 0 Å². The van der Waals surface area contributed by atoms with Crippen LogP contribution < -0.4 is 5.32 Å². The van der Waals surface area contributed by atoms with Crippen LogP contribution in [0.1, 0.15) is 53.9 Å². The lowest BCUT2D eigenvalue weighted by molar-refractivity contribution is 0.0835. The number of aliphatic hydroxyl groups excluding tert-OH is 1. The van der Waals surface area contributed by atoms with Gasteiger partial charge >= 0.3 is 0 Å². The normalized spacial score (nSPS) is 31.2. The molecule has 4 unspecified atom stereocenters. The summed E-state index contributed by atoms with van der Waals surface area (Å²) in [7, 11) is 0. The van der Waals surface area contributed by atoms with Gasteiger partial charge in [-0.15, -0.1) is 0 Å². The van der Waals surface area contributed by atoms with Crippen molar-refractivity contribution in [3.05, 3.63) is 0 Å². The molecule has 3 nitrogen and oxygen atoms in total. The molecule has 1 saturated carbocycles. The van der Waals surface area contributed by atoms with Crippen molar-refractivity contribution in [3.63, 3.8) is 0 Å². The number of nitrogens with zero attached hydrogens (tertiary/aromatic N) is 1. The first-order valence-corrected chi connectivity index (χ1v) is 8.57. The van der Waals surface area contributed by atoms with Crippen molar-refractivity contribution in [2.24, 2.45) is 17.8 Å². The molecule has 120 valence electrons. The van der Waals surface area contributed by atoms with E-state index in [1.165, 1.54) is 19.4 Å². The largest absolute Gasteiger partial charge is 0.396 e. The van der Waals surface area contributed by atoms with E-state index in [1.807, 2.05) is 0 Å². The molecule has 1 aliphatic carbocycles. The van der Waals surface area contributed by atoms with Gasteiger partial charge in [-0.1, -0.05) is 20.8 Å². The van der Waals surface area contributed by atoms with Crippen LogP contribution >= 0.6 is 0 Å². The van der Waals surface area contributed by atoms with Crippen LogP contribution in [0.2, 0.25) is 0 Å². The first-order chi connectivity index (χ1) is 9.49. The summed E-state index contributed by atoms with van der Waals surface area (Å²) in [5.41, 5.74) is 0. The van der Waals surface area contributed by atoms with Crippen LogP contribution in [0.5, 0.6) is 0 Å². The van der Waals surface area contributed by atoms with E-state index in [9.17, 15) is 0 Å². The molecule has 0 aromatic heterocycles. The molecule has 0 amide bonds. The Kier molecular flexibility index (Phi) is 8.08. The molecule has 0 heterocycles. The van der Waals surface area contributed by atoms with Crippen molar-refractivity contribution in [2.75, 3.05) is 26.2 Å². The Morgan fingerprint density at radius 1 is 1.25 bits per heavy atom. The van der Waals surface area contributed by atoms with Crippen LogP contribution in [0, 0.1) is 17.8 Å². The van der Waals surface area contributed by atoms with Gasteiger partial charge in [0.05, 0.1) is 0 Å². The summed E-state index contributed by atoms with van der Waals surface area (Å²) >= 11 is 0. The van der Waals surface area contributed by atoms with Crippen molar-refractivity contribution >= 4 is 0 Å². The Balaban J connectivity index is 2.67. The highest BCUT2D eigenvalue weighted by Gasteiger charge is 2.34. The summed E-state index contributed by atoms with van der Waals surface area (Å²) in [5.74, 6) is 2.38. The first-order valence-electron chi connectivity index (χ1n) is 8.57. The second kappa shape index (κ2) is 9.01. The van der Waals surface area contributed by atoms with Crippen molar-refractivity contribution < 1.29 is 5.11 Å². The Hall–Kier alpha value is -0.120. The van der Waals surface area contributed by atoms with E-state index in [-0.39, 0.29) is 0 Å². The lowest BCUT2D eigenvalue weighted by Crippen LogP contribution is -2.50. The molecule has 0 aliphatic heterocycles. The summed E-state index contributed by atoms with van der Waals surface area (Å²) in [5, 5.41) is 12.8. The maximum Gasteiger partial charge on any atom is 0.0443 e. The molecule has 0 bridgehead atoms. The number of rotatable bonds is 8. The molecule has 0 aromatic rings. The fourth-order valence-electron chi connectivity index (χ4n) is 3.82. The van der Waals surface area contributed by atoms with Gasteiger partial charge in [0.15, 0.2) is 0 Å². The highest BCUT2D eigenvalue weighted by atomic mass is 16.3. The van der Waals surface area contributed by atoms with Crippen LogP contribution in [0.25, 0.3) is 0 Å². The molecular weight excluding hydrogens is 248 g/mol. The highest BCUT2D eigenvalue weighted by Crippen LogP contribution is 2.34. The quantitative estimate of drug-likeness (QED) is 0.719. The molecule has 0 saturated heterocycles. The molecule has 20 heavy (non-hydrogen) atoms. The Morgan fingerprint density at radius 3 is 2.50 bits per heavy atom. The second-order valence-corrected chi connectivity index (χ2v) is 7.05. The van der Waals surface area contributed by atoms with E-state index in [1.54, 1.807) is 0 Å². The SMILES string of the molecule is CCNC1CC(C)CC(C)C1CN(CCCO)C(C)C. The van der Waals surface area contributed by atoms with Crippen LogP contribution in [0.15, 0.2) is 0 Å². The van der Waals surface area contributed by atoms with Crippen molar-refractivity contribution in [1.82, 2.24) is 10.2 Å². The fourth-order valence-corrected chi connectivity index (χ4v) is 3.82. The molecule has 1 rings (SSSR count). The smallest absolute Gasteiger partial charge is 0.0443 e. The predicted octanol–water partition coefficient (Wildman–Crippen LogP) is 2.74. The van der Waals surface area contributed by atoms with E-state index in [2.05, 4.69) is 44.8 Å². The number of aliphatic hydroxyl groups is 1. The minimum atomic E-state index is 0.303. The van der Waals surface area contributed by atoms with Crippen LogP contribution in [0.3, 0.4) is 0 Å². The second-order valence-electron chi connectivity index (χ2n) is 7.05. The first kappa shape index (κ1) is 17.9. The van der Waals surface area contributed by atoms with Gasteiger partial charge in [-0.3, -0.25) is 0 Å². The van der Waals surface area contributed by atoms with Crippen LogP contribution in [-0.2, 0) is 0 Å². The van der Waals surface area contributed by atoms with Crippen LogP contribution in [-0.4, -0.2) is 48.3 Å². The van der Waals surface area contributed by atoms with E-state index in [4.69, 9.17) is 5.11 Å². The number of hydrogen-bond donors (Lipinski definition) is 2. The topological polar surface area (TPSA) is 35.5 Å². The summed E-state index contributed by atoms with van der Waals surface area (Å²) < 4.78 is 0. The summed E-state index contributed by atoms with van der Waals surface area (Å²) in [4.78, 5) is 2.55. The van der Waals surface area contributed by atoms with Crippen molar-refractivity contribution in [2.45, 2.75) is 66.0 Å². The molecule has 0 aromatic carbocycles. The Labute approximate surface area is 126 Å². The minimum Gasteiger partial charge on any atom is -0.396 e. The highest BCUT2D eigenvalue weighted by molar-refractivity contribution is 4.89. The third kappa shape index (κ3) is 5.34. The Morgan fingerprint density at radius 2 is 1.95 bits per heavy atom. The number of nitrogens with one attached hydrogen (secondary N) is 1. The molecule has 3 heteroatoms. The molecular formula is C17H36N2O. The number of hydrogen-bond acceptors (Lipinski definition) is 3. The standard InChI is InChI=1S/C17H36N2O/c1-6-18-17-11-14(4)10-15(5)16(17)12-19(13(2)3)8-7-9-20/h13-18,20H,6-12H2,1-5H3. The lowest BCUT2D eigenvalue weighted by atomic mass is 9.72. The average molecular weight is 284 g/mol. The summed E-state index contributed by atoms with van der Waals surface area (Å²) in [6.45, 7) is 15.1. The molecule has 2 N–H and O–H groups in total. The molecule has 0 spiro atoms. The van der Waals surface area contributed by atoms with E-state index in [0.717, 1.165) is 37.3 Å². The molecule has 1 aliphatic rings. The zero-order valence-electron chi connectivity index (χ0n) is 14.2. The lowest BCUT2D eigenvalue weighted by Gasteiger charge is -2.43. The average Bonchev–Trinajstić information content (AvgIpc) is 2.36. The van der Waals surface area contributed by atoms with Crippen molar-refractivity contribution in [3.8, 4) is 0 Å². The zero-order chi connectivity index (χ0) is 15.1. The van der Waals surface area contributed by atoms with E-state index in [0.29, 0.717) is 18.7 Å². The van der Waals surface area contributed by atoms with Gasteiger partial charge in [-0.25, -0.2) is 0 Å². The predicted molar refractivity (Wildman–Crippen MR) is 86.9 cm³/mol. The summed E-state index contributed by atoms with van der Waals surface area (Å²) in [6.07, 6.45) is 3.56. The molecule has 0 radical (unpaired) electrons. The molecule has 4 atom stereocenters. The van der Waals surface area contributed by atoms with Gasteiger partial charge in [0.25, 0.3) is 0 Å². The summed E-state index contributed by atoms with van der Waals surface area (Å²) in [6, 6.07) is 1.23. The van der Waals surface area contributed by atoms with E-state index >= 15 is 0 Å². The maximum absolute atomic E-state index is 9.09.